The third-order valence-electron chi connectivity index (χ3n) is 1.74. The number of nitrogens with two attached hydrogens (primary N) is 2. The monoisotopic (exact) mass is 190 g/mol. The number of hydrogen-bond acceptors (Lipinski definition) is 3. The van der Waals surface area contributed by atoms with Gasteiger partial charge in [0.1, 0.15) is 5.75 Å². The van der Waals surface area contributed by atoms with Crippen molar-refractivity contribution in [3.8, 4) is 17.6 Å². The molecule has 0 aliphatic rings. The van der Waals surface area contributed by atoms with E-state index >= 15 is 0 Å². The SMILES string of the molecule is COc1cc(C#CCCN)ccc1N. The van der Waals surface area contributed by atoms with E-state index in [0.717, 1.165) is 5.56 Å². The fraction of sp³-hybridized carbons (Fsp3) is 0.273. The molecule has 0 unspecified atom stereocenters. The maximum atomic E-state index is 5.66. The Labute approximate surface area is 84.0 Å². The Kier molecular flexibility index (Phi) is 3.84. The molecule has 0 radical (unpaired) electrons. The van der Waals surface area contributed by atoms with E-state index in [1.54, 1.807) is 13.2 Å². The minimum absolute atomic E-state index is 0.582. The molecule has 3 nitrogen and oxygen atoms in total. The van der Waals surface area contributed by atoms with E-state index < -0.39 is 0 Å². The number of nitrogen functional groups attached to an aromatic ring is 1. The Bertz CT molecular complexity index is 363. The Morgan fingerprint density at radius 3 is 2.86 bits per heavy atom. The van der Waals surface area contributed by atoms with Gasteiger partial charge in [0, 0.05) is 18.5 Å². The molecule has 0 saturated carbocycles. The zero-order chi connectivity index (χ0) is 10.4. The summed E-state index contributed by atoms with van der Waals surface area (Å²) in [6.07, 6.45) is 0.701. The number of benzene rings is 1. The highest BCUT2D eigenvalue weighted by Gasteiger charge is 1.97. The van der Waals surface area contributed by atoms with E-state index in [-0.39, 0.29) is 0 Å². The Morgan fingerprint density at radius 2 is 2.21 bits per heavy atom. The van der Waals surface area contributed by atoms with Crippen molar-refractivity contribution in [1.29, 1.82) is 0 Å². The van der Waals surface area contributed by atoms with Crippen LogP contribution in [0, 0.1) is 11.8 Å². The molecule has 3 heteroatoms. The van der Waals surface area contributed by atoms with Crippen molar-refractivity contribution in [2.45, 2.75) is 6.42 Å². The zero-order valence-electron chi connectivity index (χ0n) is 8.21. The molecule has 1 rings (SSSR count). The second-order valence-corrected chi connectivity index (χ2v) is 2.80. The molecule has 0 amide bonds. The van der Waals surface area contributed by atoms with Crippen molar-refractivity contribution in [3.63, 3.8) is 0 Å². The number of anilines is 1. The summed E-state index contributed by atoms with van der Waals surface area (Å²) in [5.41, 5.74) is 12.5. The number of ether oxygens (including phenoxy) is 1. The number of hydrogen-bond donors (Lipinski definition) is 2. The van der Waals surface area contributed by atoms with Crippen molar-refractivity contribution in [2.75, 3.05) is 19.4 Å². The zero-order valence-corrected chi connectivity index (χ0v) is 8.21. The highest BCUT2D eigenvalue weighted by atomic mass is 16.5. The molecule has 0 heterocycles. The molecule has 0 spiro atoms. The van der Waals surface area contributed by atoms with Gasteiger partial charge in [0.2, 0.25) is 0 Å². The van der Waals surface area contributed by atoms with Gasteiger partial charge in [-0.15, -0.1) is 0 Å². The molecule has 74 valence electrons. The second kappa shape index (κ2) is 5.15. The Balaban J connectivity index is 2.86. The molecule has 14 heavy (non-hydrogen) atoms. The van der Waals surface area contributed by atoms with Crippen LogP contribution in [0.2, 0.25) is 0 Å². The fourth-order valence-corrected chi connectivity index (χ4v) is 1.03. The lowest BCUT2D eigenvalue weighted by Gasteiger charge is -2.03. The first kappa shape index (κ1) is 10.4. The summed E-state index contributed by atoms with van der Waals surface area (Å²) in [5, 5.41) is 0. The summed E-state index contributed by atoms with van der Waals surface area (Å²) in [6.45, 7) is 0.582. The minimum Gasteiger partial charge on any atom is -0.495 e. The second-order valence-electron chi connectivity index (χ2n) is 2.80. The van der Waals surface area contributed by atoms with Gasteiger partial charge < -0.3 is 16.2 Å². The largest absolute Gasteiger partial charge is 0.495 e. The van der Waals surface area contributed by atoms with Gasteiger partial charge >= 0.3 is 0 Å². The van der Waals surface area contributed by atoms with Crippen molar-refractivity contribution in [1.82, 2.24) is 0 Å². The standard InChI is InChI=1S/C11H14N2O/c1-14-11-8-9(4-2-3-7-12)5-6-10(11)13/h5-6,8H,3,7,12-13H2,1H3. The first-order valence-electron chi connectivity index (χ1n) is 4.40. The van der Waals surface area contributed by atoms with E-state index in [0.29, 0.717) is 24.4 Å². The summed E-state index contributed by atoms with van der Waals surface area (Å²) in [6, 6.07) is 5.46. The first-order valence-corrected chi connectivity index (χ1v) is 4.40. The third-order valence-corrected chi connectivity index (χ3v) is 1.74. The number of methoxy groups -OCH3 is 1. The van der Waals surface area contributed by atoms with Gasteiger partial charge in [-0.2, -0.15) is 0 Å². The smallest absolute Gasteiger partial charge is 0.142 e. The predicted molar refractivity (Wildman–Crippen MR) is 58.0 cm³/mol. The van der Waals surface area contributed by atoms with Crippen LogP contribution in [0.25, 0.3) is 0 Å². The van der Waals surface area contributed by atoms with Gasteiger partial charge in [-0.25, -0.2) is 0 Å². The molecule has 1 aromatic carbocycles. The molecule has 0 aromatic heterocycles. The van der Waals surface area contributed by atoms with Gasteiger partial charge in [0.15, 0.2) is 0 Å². The average molecular weight is 190 g/mol. The van der Waals surface area contributed by atoms with E-state index in [4.69, 9.17) is 16.2 Å². The molecular formula is C11H14N2O. The van der Waals surface area contributed by atoms with E-state index in [9.17, 15) is 0 Å². The van der Waals surface area contributed by atoms with Gasteiger partial charge in [-0.3, -0.25) is 0 Å². The normalized spacial score (nSPS) is 9.00. The molecule has 0 bridgehead atoms. The van der Waals surface area contributed by atoms with Gasteiger partial charge in [-0.05, 0) is 18.2 Å². The molecule has 0 fully saturated rings. The van der Waals surface area contributed by atoms with Crippen LogP contribution in [0.4, 0.5) is 5.69 Å². The lowest BCUT2D eigenvalue weighted by Crippen LogP contribution is -1.95. The highest BCUT2D eigenvalue weighted by Crippen LogP contribution is 2.21. The summed E-state index contributed by atoms with van der Waals surface area (Å²) in [4.78, 5) is 0. The summed E-state index contributed by atoms with van der Waals surface area (Å²) in [7, 11) is 1.59. The highest BCUT2D eigenvalue weighted by molar-refractivity contribution is 5.56. The first-order chi connectivity index (χ1) is 6.77. The summed E-state index contributed by atoms with van der Waals surface area (Å²) < 4.78 is 5.07. The Hall–Kier alpha value is -1.66. The Morgan fingerprint density at radius 1 is 1.43 bits per heavy atom. The van der Waals surface area contributed by atoms with Crippen LogP contribution in [0.15, 0.2) is 18.2 Å². The van der Waals surface area contributed by atoms with Crippen LogP contribution in [0.3, 0.4) is 0 Å². The molecule has 1 aromatic rings. The van der Waals surface area contributed by atoms with Crippen molar-refractivity contribution < 1.29 is 4.74 Å². The van der Waals surface area contributed by atoms with Crippen molar-refractivity contribution in [3.05, 3.63) is 23.8 Å². The topological polar surface area (TPSA) is 61.3 Å². The van der Waals surface area contributed by atoms with E-state index in [2.05, 4.69) is 11.8 Å². The van der Waals surface area contributed by atoms with Crippen molar-refractivity contribution in [2.24, 2.45) is 5.73 Å². The van der Waals surface area contributed by atoms with Crippen LogP contribution >= 0.6 is 0 Å². The summed E-state index contributed by atoms with van der Waals surface area (Å²) >= 11 is 0. The van der Waals surface area contributed by atoms with Gasteiger partial charge in [0.05, 0.1) is 12.8 Å². The third kappa shape index (κ3) is 2.68. The van der Waals surface area contributed by atoms with Crippen LogP contribution in [-0.4, -0.2) is 13.7 Å². The predicted octanol–water partition coefficient (Wildman–Crippen LogP) is 0.978. The van der Waals surface area contributed by atoms with Crippen LogP contribution in [-0.2, 0) is 0 Å². The van der Waals surface area contributed by atoms with Crippen LogP contribution < -0.4 is 16.2 Å². The molecule has 4 N–H and O–H groups in total. The van der Waals surface area contributed by atoms with Crippen LogP contribution in [0.1, 0.15) is 12.0 Å². The molecule has 0 atom stereocenters. The van der Waals surface area contributed by atoms with Gasteiger partial charge in [0.25, 0.3) is 0 Å². The minimum atomic E-state index is 0.582. The maximum Gasteiger partial charge on any atom is 0.142 e. The van der Waals surface area contributed by atoms with E-state index in [1.165, 1.54) is 0 Å². The number of rotatable bonds is 2. The molecule has 0 saturated heterocycles. The summed E-state index contributed by atoms with van der Waals surface area (Å²) in [5.74, 6) is 6.59. The molecule has 0 aliphatic carbocycles. The van der Waals surface area contributed by atoms with Gasteiger partial charge in [-0.1, -0.05) is 11.8 Å². The quantitative estimate of drug-likeness (QED) is 0.539. The molecule has 0 aliphatic heterocycles. The fourth-order valence-electron chi connectivity index (χ4n) is 1.03. The lowest BCUT2D eigenvalue weighted by atomic mass is 10.2. The maximum absolute atomic E-state index is 5.66. The average Bonchev–Trinajstić information content (AvgIpc) is 2.21. The van der Waals surface area contributed by atoms with Crippen LogP contribution in [0.5, 0.6) is 5.75 Å². The molecular weight excluding hydrogens is 176 g/mol. The lowest BCUT2D eigenvalue weighted by molar-refractivity contribution is 0.417. The van der Waals surface area contributed by atoms with Crippen molar-refractivity contribution >= 4 is 5.69 Å². The van der Waals surface area contributed by atoms with E-state index in [1.807, 2.05) is 12.1 Å².